The molecule has 11 heteroatoms. The molecule has 166 valence electrons. The molecule has 0 aliphatic carbocycles. The lowest BCUT2D eigenvalue weighted by Crippen LogP contribution is -2.50. The minimum absolute atomic E-state index is 0.140. The maximum absolute atomic E-state index is 13.0. The summed E-state index contributed by atoms with van der Waals surface area (Å²) in [5.74, 6) is 1.16. The second-order valence-electron chi connectivity index (χ2n) is 7.43. The van der Waals surface area contributed by atoms with Gasteiger partial charge in [0.1, 0.15) is 11.3 Å². The van der Waals surface area contributed by atoms with E-state index in [1.807, 2.05) is 18.7 Å². The van der Waals surface area contributed by atoms with Crippen molar-refractivity contribution in [2.24, 2.45) is 7.05 Å². The van der Waals surface area contributed by atoms with Crippen LogP contribution in [0.1, 0.15) is 12.6 Å². The van der Waals surface area contributed by atoms with Gasteiger partial charge in [-0.3, -0.25) is 14.0 Å². The van der Waals surface area contributed by atoms with Crippen LogP contribution in [0.25, 0.3) is 11.0 Å². The number of rotatable bonds is 5. The molecular formula is C20H26N6O4S. The molecule has 1 saturated heterocycles. The molecule has 0 N–H and O–H groups in total. The molecule has 1 aromatic carbocycles. The van der Waals surface area contributed by atoms with Gasteiger partial charge >= 0.3 is 0 Å². The molecule has 3 heterocycles. The minimum atomic E-state index is -3.61. The van der Waals surface area contributed by atoms with Gasteiger partial charge in [-0.15, -0.1) is 0 Å². The van der Waals surface area contributed by atoms with E-state index in [1.54, 1.807) is 40.6 Å². The first-order valence-corrected chi connectivity index (χ1v) is 11.5. The summed E-state index contributed by atoms with van der Waals surface area (Å²) in [6, 6.07) is 6.38. The average Bonchev–Trinajstić information content (AvgIpc) is 3.07. The van der Waals surface area contributed by atoms with Crippen LogP contribution in [0.2, 0.25) is 0 Å². The molecule has 4 rings (SSSR count). The Kier molecular flexibility index (Phi) is 5.48. The van der Waals surface area contributed by atoms with Gasteiger partial charge in [0.05, 0.1) is 17.7 Å². The summed E-state index contributed by atoms with van der Waals surface area (Å²) >= 11 is 0. The van der Waals surface area contributed by atoms with Crippen LogP contribution in [-0.4, -0.2) is 65.3 Å². The summed E-state index contributed by atoms with van der Waals surface area (Å²) < 4.78 is 35.8. The third-order valence-electron chi connectivity index (χ3n) is 5.63. The highest BCUT2D eigenvalue weighted by molar-refractivity contribution is 7.89. The van der Waals surface area contributed by atoms with Gasteiger partial charge in [0.25, 0.3) is 5.56 Å². The Morgan fingerprint density at radius 3 is 2.32 bits per heavy atom. The summed E-state index contributed by atoms with van der Waals surface area (Å²) in [5, 5.41) is 4.33. The van der Waals surface area contributed by atoms with Gasteiger partial charge in [-0.05, 0) is 38.1 Å². The normalized spacial score (nSPS) is 15.5. The first kappa shape index (κ1) is 21.3. The fourth-order valence-electron chi connectivity index (χ4n) is 3.95. The van der Waals surface area contributed by atoms with Gasteiger partial charge in [-0.2, -0.15) is 9.40 Å². The van der Waals surface area contributed by atoms with Crippen molar-refractivity contribution >= 4 is 27.0 Å². The molecule has 0 saturated carbocycles. The maximum atomic E-state index is 13.0. The zero-order chi connectivity index (χ0) is 22.3. The second-order valence-corrected chi connectivity index (χ2v) is 9.37. The number of sulfonamides is 1. The predicted molar refractivity (Wildman–Crippen MR) is 117 cm³/mol. The fraction of sp³-hybridized carbons (Fsp3) is 0.450. The van der Waals surface area contributed by atoms with Gasteiger partial charge in [0, 0.05) is 39.8 Å². The van der Waals surface area contributed by atoms with E-state index in [0.717, 1.165) is 0 Å². The highest BCUT2D eigenvalue weighted by Crippen LogP contribution is 2.23. The Morgan fingerprint density at radius 1 is 1.10 bits per heavy atom. The number of nitrogens with zero attached hydrogens (tertiary/aromatic N) is 6. The molecule has 0 spiro atoms. The van der Waals surface area contributed by atoms with Gasteiger partial charge in [-0.25, -0.2) is 13.4 Å². The van der Waals surface area contributed by atoms with Gasteiger partial charge < -0.3 is 9.64 Å². The summed E-state index contributed by atoms with van der Waals surface area (Å²) in [6.07, 6.45) is 0. The standard InChI is InChI=1S/C20H26N6O4S/c1-5-26-19(27)18-17(14(2)22-23(18)3)21-20(26)24-10-12-25(13-11-24)31(28,29)16-8-6-15(30-4)7-9-16/h6-9H,5,10-13H2,1-4H3. The van der Waals surface area contributed by atoms with Crippen LogP contribution in [-0.2, 0) is 23.6 Å². The maximum Gasteiger partial charge on any atom is 0.281 e. The van der Waals surface area contributed by atoms with Gasteiger partial charge in [0.2, 0.25) is 16.0 Å². The smallest absolute Gasteiger partial charge is 0.281 e. The molecule has 0 atom stereocenters. The van der Waals surface area contributed by atoms with Crippen LogP contribution in [0.5, 0.6) is 5.75 Å². The molecule has 31 heavy (non-hydrogen) atoms. The molecule has 1 fully saturated rings. The SMILES string of the molecule is CCn1c(N2CCN(S(=O)(=O)c3ccc(OC)cc3)CC2)nc2c(C)nn(C)c2c1=O. The second kappa shape index (κ2) is 7.97. The molecule has 2 aromatic heterocycles. The lowest BCUT2D eigenvalue weighted by atomic mass is 10.3. The molecule has 1 aliphatic rings. The van der Waals surface area contributed by atoms with Crippen molar-refractivity contribution in [1.29, 1.82) is 0 Å². The van der Waals surface area contributed by atoms with Crippen LogP contribution < -0.4 is 15.2 Å². The van der Waals surface area contributed by atoms with Crippen LogP contribution in [0.4, 0.5) is 5.95 Å². The largest absolute Gasteiger partial charge is 0.497 e. The number of methoxy groups -OCH3 is 1. The number of benzene rings is 1. The van der Waals surface area contributed by atoms with Crippen LogP contribution in [0.3, 0.4) is 0 Å². The highest BCUT2D eigenvalue weighted by atomic mass is 32.2. The lowest BCUT2D eigenvalue weighted by Gasteiger charge is -2.35. The molecule has 0 unspecified atom stereocenters. The zero-order valence-corrected chi connectivity index (χ0v) is 18.9. The number of aromatic nitrogens is 4. The van der Waals surface area contributed by atoms with Crippen molar-refractivity contribution in [3.63, 3.8) is 0 Å². The van der Waals surface area contributed by atoms with E-state index in [4.69, 9.17) is 9.72 Å². The van der Waals surface area contributed by atoms with Gasteiger partial charge in [-0.1, -0.05) is 0 Å². The van der Waals surface area contributed by atoms with E-state index in [1.165, 1.54) is 11.4 Å². The molecule has 0 radical (unpaired) electrons. The number of piperazine rings is 1. The topological polar surface area (TPSA) is 103 Å². The number of fused-ring (bicyclic) bond motifs is 1. The van der Waals surface area contributed by atoms with Crippen LogP contribution in [0, 0.1) is 6.92 Å². The minimum Gasteiger partial charge on any atom is -0.497 e. The first-order chi connectivity index (χ1) is 14.8. The monoisotopic (exact) mass is 446 g/mol. The molecule has 1 aliphatic heterocycles. The molecule has 0 amide bonds. The predicted octanol–water partition coefficient (Wildman–Crippen LogP) is 0.978. The van der Waals surface area contributed by atoms with E-state index in [9.17, 15) is 13.2 Å². The first-order valence-electron chi connectivity index (χ1n) is 10.1. The van der Waals surface area contributed by atoms with Crippen molar-refractivity contribution in [3.8, 4) is 5.75 Å². The quantitative estimate of drug-likeness (QED) is 0.576. The highest BCUT2D eigenvalue weighted by Gasteiger charge is 2.30. The van der Waals surface area contributed by atoms with E-state index in [2.05, 4.69) is 5.10 Å². The van der Waals surface area contributed by atoms with Crippen molar-refractivity contribution in [1.82, 2.24) is 23.6 Å². The fourth-order valence-corrected chi connectivity index (χ4v) is 5.37. The Hall–Kier alpha value is -2.92. The summed E-state index contributed by atoms with van der Waals surface area (Å²) in [7, 11) is -0.330. The summed E-state index contributed by atoms with van der Waals surface area (Å²) in [6.45, 7) is 5.67. The number of hydrogen-bond acceptors (Lipinski definition) is 7. The number of hydrogen-bond donors (Lipinski definition) is 0. The number of anilines is 1. The van der Waals surface area contributed by atoms with Crippen molar-refractivity contribution in [2.45, 2.75) is 25.3 Å². The summed E-state index contributed by atoms with van der Waals surface area (Å²) in [5.41, 5.74) is 1.61. The van der Waals surface area contributed by atoms with E-state index in [-0.39, 0.29) is 10.5 Å². The van der Waals surface area contributed by atoms with Crippen LogP contribution >= 0.6 is 0 Å². The Morgan fingerprint density at radius 2 is 1.74 bits per heavy atom. The Balaban J connectivity index is 1.60. The third kappa shape index (κ3) is 3.57. The molecule has 0 bridgehead atoms. The van der Waals surface area contributed by atoms with Crippen molar-refractivity contribution in [2.75, 3.05) is 38.2 Å². The lowest BCUT2D eigenvalue weighted by molar-refractivity contribution is 0.380. The third-order valence-corrected chi connectivity index (χ3v) is 7.54. The molecular weight excluding hydrogens is 420 g/mol. The van der Waals surface area contributed by atoms with E-state index in [0.29, 0.717) is 61.1 Å². The Bertz CT molecular complexity index is 1270. The molecule has 10 nitrogen and oxygen atoms in total. The Labute approximate surface area is 180 Å². The van der Waals surface area contributed by atoms with Crippen LogP contribution in [0.15, 0.2) is 34.0 Å². The average molecular weight is 447 g/mol. The zero-order valence-electron chi connectivity index (χ0n) is 18.1. The van der Waals surface area contributed by atoms with Crippen molar-refractivity contribution < 1.29 is 13.2 Å². The van der Waals surface area contributed by atoms with Gasteiger partial charge in [0.15, 0.2) is 5.52 Å². The van der Waals surface area contributed by atoms with E-state index < -0.39 is 10.0 Å². The molecule has 3 aromatic rings. The summed E-state index contributed by atoms with van der Waals surface area (Å²) in [4.78, 5) is 20.0. The number of aryl methyl sites for hydroxylation is 2. The van der Waals surface area contributed by atoms with Crippen molar-refractivity contribution in [3.05, 3.63) is 40.3 Å². The van der Waals surface area contributed by atoms with E-state index >= 15 is 0 Å². The number of ether oxygens (including phenoxy) is 1.